The van der Waals surface area contributed by atoms with Gasteiger partial charge in [-0.1, -0.05) is 18.2 Å². The highest BCUT2D eigenvalue weighted by Crippen LogP contribution is 2.36. The van der Waals surface area contributed by atoms with Gasteiger partial charge >= 0.3 is 0 Å². The number of rotatable bonds is 7. The van der Waals surface area contributed by atoms with Crippen molar-refractivity contribution < 1.29 is 19.3 Å². The second-order valence-electron chi connectivity index (χ2n) is 6.99. The molecule has 3 rings (SSSR count). The summed E-state index contributed by atoms with van der Waals surface area (Å²) in [6.45, 7) is 1.56. The maximum atomic E-state index is 13.4. The predicted molar refractivity (Wildman–Crippen MR) is 102 cm³/mol. The molecular weight excluding hydrogens is 347 g/mol. The summed E-state index contributed by atoms with van der Waals surface area (Å²) in [5.41, 5.74) is 1.20. The summed E-state index contributed by atoms with van der Waals surface area (Å²) >= 11 is 0. The Morgan fingerprint density at radius 2 is 1.93 bits per heavy atom. The van der Waals surface area contributed by atoms with E-state index in [4.69, 9.17) is 4.74 Å². The molecule has 0 aromatic heterocycles. The molecular formula is C21H25FN2O3. The molecule has 2 aromatic carbocycles. The third-order valence-corrected chi connectivity index (χ3v) is 4.80. The van der Waals surface area contributed by atoms with Crippen molar-refractivity contribution in [3.8, 4) is 0 Å². The zero-order valence-corrected chi connectivity index (χ0v) is 15.7. The molecule has 0 radical (unpaired) electrons. The first-order valence-corrected chi connectivity index (χ1v) is 8.99. The summed E-state index contributed by atoms with van der Waals surface area (Å²) in [7, 11) is 3.85. The summed E-state index contributed by atoms with van der Waals surface area (Å²) in [5, 5.41) is 21.6. The minimum absolute atomic E-state index is 0.234. The first-order chi connectivity index (χ1) is 12.9. The number of aliphatic imine (C=N–C) groups is 1. The number of benzene rings is 2. The van der Waals surface area contributed by atoms with Crippen molar-refractivity contribution >= 4 is 5.90 Å². The van der Waals surface area contributed by atoms with Gasteiger partial charge in [-0.25, -0.2) is 9.38 Å². The van der Waals surface area contributed by atoms with E-state index >= 15 is 0 Å². The van der Waals surface area contributed by atoms with E-state index in [1.807, 2.05) is 25.1 Å². The Bertz CT molecular complexity index is 821. The van der Waals surface area contributed by atoms with Gasteiger partial charge in [0.15, 0.2) is 0 Å². The second-order valence-corrected chi connectivity index (χ2v) is 6.99. The van der Waals surface area contributed by atoms with E-state index in [9.17, 15) is 14.6 Å². The lowest BCUT2D eigenvalue weighted by atomic mass is 9.80. The average Bonchev–Trinajstić information content (AvgIpc) is 3.21. The van der Waals surface area contributed by atoms with Gasteiger partial charge in [0.05, 0.1) is 13.2 Å². The maximum Gasteiger partial charge on any atom is 0.216 e. The van der Waals surface area contributed by atoms with Crippen LogP contribution in [0.5, 0.6) is 0 Å². The van der Waals surface area contributed by atoms with Crippen molar-refractivity contribution in [2.24, 2.45) is 4.99 Å². The number of halogens is 1. The molecule has 0 fully saturated rings. The molecule has 0 spiro atoms. The lowest BCUT2D eigenvalue weighted by molar-refractivity contribution is 0.0606. The standard InChI is InChI=1S/C21H25FN2O3/c1-24(2)11-9-21(26,17-4-6-18(22)7-5-17)19-8-3-15(13-16(19)14-25)20-23-10-12-27-20/h3-8,13,25-26H,9-12,14H2,1-2H3. The Balaban J connectivity index is 2.06. The summed E-state index contributed by atoms with van der Waals surface area (Å²) in [6.07, 6.45) is 0.398. The summed E-state index contributed by atoms with van der Waals surface area (Å²) in [5.74, 6) is 0.192. The molecule has 6 heteroatoms. The molecule has 1 atom stereocenters. The molecule has 1 unspecified atom stereocenters. The van der Waals surface area contributed by atoms with E-state index in [1.54, 1.807) is 24.3 Å². The summed E-state index contributed by atoms with van der Waals surface area (Å²) in [6, 6.07) is 11.3. The summed E-state index contributed by atoms with van der Waals surface area (Å²) in [4.78, 5) is 6.28. The Morgan fingerprint density at radius 3 is 2.52 bits per heavy atom. The normalized spacial score (nSPS) is 16.1. The van der Waals surface area contributed by atoms with Crippen molar-refractivity contribution in [2.45, 2.75) is 18.6 Å². The minimum Gasteiger partial charge on any atom is -0.476 e. The molecule has 0 amide bonds. The van der Waals surface area contributed by atoms with E-state index in [2.05, 4.69) is 4.99 Å². The van der Waals surface area contributed by atoms with E-state index < -0.39 is 5.60 Å². The van der Waals surface area contributed by atoms with Gasteiger partial charge in [-0.15, -0.1) is 0 Å². The van der Waals surface area contributed by atoms with Crippen molar-refractivity contribution in [2.75, 3.05) is 33.8 Å². The number of aliphatic hydroxyl groups excluding tert-OH is 1. The Kier molecular flexibility index (Phi) is 5.89. The van der Waals surface area contributed by atoms with Gasteiger partial charge in [-0.2, -0.15) is 0 Å². The molecule has 0 bridgehead atoms. The largest absolute Gasteiger partial charge is 0.476 e. The minimum atomic E-state index is -1.35. The third kappa shape index (κ3) is 4.18. The van der Waals surface area contributed by atoms with Gasteiger partial charge in [0.25, 0.3) is 0 Å². The Morgan fingerprint density at radius 1 is 1.19 bits per heavy atom. The molecule has 0 saturated heterocycles. The van der Waals surface area contributed by atoms with Crippen LogP contribution in [0.4, 0.5) is 4.39 Å². The molecule has 2 aromatic rings. The quantitative estimate of drug-likeness (QED) is 0.783. The number of hydrogen-bond donors (Lipinski definition) is 2. The molecule has 1 aliphatic heterocycles. The van der Waals surface area contributed by atoms with Crippen LogP contribution in [0.1, 0.15) is 28.7 Å². The lowest BCUT2D eigenvalue weighted by Crippen LogP contribution is -2.33. The average molecular weight is 372 g/mol. The van der Waals surface area contributed by atoms with Crippen LogP contribution in [0, 0.1) is 5.82 Å². The zero-order valence-electron chi connectivity index (χ0n) is 15.7. The number of aliphatic hydroxyl groups is 2. The Hall–Kier alpha value is -2.28. The van der Waals surface area contributed by atoms with Crippen LogP contribution in [0.2, 0.25) is 0 Å². The maximum absolute atomic E-state index is 13.4. The van der Waals surface area contributed by atoms with Crippen LogP contribution in [0.25, 0.3) is 0 Å². The molecule has 144 valence electrons. The van der Waals surface area contributed by atoms with Gasteiger partial charge in [0.1, 0.15) is 18.0 Å². The van der Waals surface area contributed by atoms with Crippen LogP contribution in [-0.2, 0) is 16.9 Å². The van der Waals surface area contributed by atoms with Crippen LogP contribution in [0.15, 0.2) is 47.5 Å². The topological polar surface area (TPSA) is 65.3 Å². The fraction of sp³-hybridized carbons (Fsp3) is 0.381. The first-order valence-electron chi connectivity index (χ1n) is 8.99. The number of ether oxygens (including phenoxy) is 1. The lowest BCUT2D eigenvalue weighted by Gasteiger charge is -2.32. The summed E-state index contributed by atoms with van der Waals surface area (Å²) < 4.78 is 18.9. The Labute approximate surface area is 158 Å². The number of hydrogen-bond acceptors (Lipinski definition) is 5. The van der Waals surface area contributed by atoms with Crippen molar-refractivity contribution in [3.63, 3.8) is 0 Å². The third-order valence-electron chi connectivity index (χ3n) is 4.80. The van der Waals surface area contributed by atoms with E-state index in [0.29, 0.717) is 48.7 Å². The van der Waals surface area contributed by atoms with Crippen molar-refractivity contribution in [1.29, 1.82) is 0 Å². The highest BCUT2D eigenvalue weighted by molar-refractivity contribution is 5.95. The van der Waals surface area contributed by atoms with Crippen molar-refractivity contribution in [3.05, 3.63) is 70.5 Å². The van der Waals surface area contributed by atoms with Gasteiger partial charge < -0.3 is 19.8 Å². The number of nitrogens with zero attached hydrogens (tertiary/aromatic N) is 2. The zero-order chi connectivity index (χ0) is 19.4. The molecule has 1 heterocycles. The highest BCUT2D eigenvalue weighted by Gasteiger charge is 2.34. The van der Waals surface area contributed by atoms with Crippen LogP contribution in [0.3, 0.4) is 0 Å². The van der Waals surface area contributed by atoms with Gasteiger partial charge in [-0.3, -0.25) is 0 Å². The first kappa shape index (κ1) is 19.5. The van der Waals surface area contributed by atoms with E-state index in [-0.39, 0.29) is 12.4 Å². The van der Waals surface area contributed by atoms with Crippen LogP contribution >= 0.6 is 0 Å². The fourth-order valence-electron chi connectivity index (χ4n) is 3.32. The molecule has 5 nitrogen and oxygen atoms in total. The molecule has 0 aliphatic carbocycles. The monoisotopic (exact) mass is 372 g/mol. The predicted octanol–water partition coefficient (Wildman–Crippen LogP) is 2.28. The molecule has 27 heavy (non-hydrogen) atoms. The van der Waals surface area contributed by atoms with E-state index in [1.165, 1.54) is 12.1 Å². The van der Waals surface area contributed by atoms with Gasteiger partial charge in [-0.05, 0) is 61.5 Å². The molecule has 2 N–H and O–H groups in total. The molecule has 1 aliphatic rings. The second kappa shape index (κ2) is 8.17. The smallest absolute Gasteiger partial charge is 0.216 e. The highest BCUT2D eigenvalue weighted by atomic mass is 19.1. The molecule has 0 saturated carbocycles. The van der Waals surface area contributed by atoms with Gasteiger partial charge in [0, 0.05) is 12.1 Å². The fourth-order valence-corrected chi connectivity index (χ4v) is 3.32. The van der Waals surface area contributed by atoms with Crippen LogP contribution in [-0.4, -0.2) is 54.8 Å². The van der Waals surface area contributed by atoms with Crippen molar-refractivity contribution in [1.82, 2.24) is 4.90 Å². The van der Waals surface area contributed by atoms with Gasteiger partial charge in [0.2, 0.25) is 5.90 Å². The van der Waals surface area contributed by atoms with E-state index in [0.717, 1.165) is 5.56 Å². The SMILES string of the molecule is CN(C)CCC(O)(c1ccc(F)cc1)c1ccc(C2=NCCO2)cc1CO. The van der Waals surface area contributed by atoms with Crippen LogP contribution < -0.4 is 0 Å².